The van der Waals surface area contributed by atoms with Crippen LogP contribution in [-0.2, 0) is 14.6 Å². The SMILES string of the molecule is Nc1cccnc1S(=O)(=O)CC(=O)NC1CCCCCC1. The lowest BCUT2D eigenvalue weighted by Gasteiger charge is -2.16. The molecule has 21 heavy (non-hydrogen) atoms. The fourth-order valence-corrected chi connectivity index (χ4v) is 3.81. The van der Waals surface area contributed by atoms with Gasteiger partial charge in [-0.15, -0.1) is 0 Å². The molecule has 0 radical (unpaired) electrons. The molecule has 1 aromatic rings. The highest BCUT2D eigenvalue weighted by molar-refractivity contribution is 7.92. The average Bonchev–Trinajstić information content (AvgIpc) is 2.66. The molecule has 1 aliphatic carbocycles. The summed E-state index contributed by atoms with van der Waals surface area (Å²) in [4.78, 5) is 15.7. The molecular formula is C14H21N3O3S. The van der Waals surface area contributed by atoms with E-state index < -0.39 is 21.5 Å². The van der Waals surface area contributed by atoms with Crippen LogP contribution in [0, 0.1) is 0 Å². The number of nitrogen functional groups attached to an aromatic ring is 1. The third-order valence-corrected chi connectivity index (χ3v) is 5.21. The lowest BCUT2D eigenvalue weighted by Crippen LogP contribution is -2.38. The van der Waals surface area contributed by atoms with E-state index in [4.69, 9.17) is 5.73 Å². The van der Waals surface area contributed by atoms with Gasteiger partial charge in [0.25, 0.3) is 0 Å². The summed E-state index contributed by atoms with van der Waals surface area (Å²) in [6.07, 6.45) is 7.68. The first-order valence-electron chi connectivity index (χ1n) is 7.21. The van der Waals surface area contributed by atoms with Crippen LogP contribution < -0.4 is 11.1 Å². The molecule has 3 N–H and O–H groups in total. The van der Waals surface area contributed by atoms with E-state index in [1.54, 1.807) is 6.07 Å². The summed E-state index contributed by atoms with van der Waals surface area (Å²) >= 11 is 0. The van der Waals surface area contributed by atoms with E-state index in [0.29, 0.717) is 0 Å². The minimum atomic E-state index is -3.80. The summed E-state index contributed by atoms with van der Waals surface area (Å²) in [6.45, 7) is 0. The summed E-state index contributed by atoms with van der Waals surface area (Å²) in [5.41, 5.74) is 5.68. The molecular weight excluding hydrogens is 290 g/mol. The quantitative estimate of drug-likeness (QED) is 0.815. The highest BCUT2D eigenvalue weighted by Crippen LogP contribution is 2.18. The number of nitrogens with zero attached hydrogens (tertiary/aromatic N) is 1. The van der Waals surface area contributed by atoms with Crippen molar-refractivity contribution < 1.29 is 13.2 Å². The number of amides is 1. The van der Waals surface area contributed by atoms with Crippen LogP contribution >= 0.6 is 0 Å². The maximum absolute atomic E-state index is 12.2. The number of sulfone groups is 1. The van der Waals surface area contributed by atoms with Crippen LogP contribution in [-0.4, -0.2) is 31.1 Å². The van der Waals surface area contributed by atoms with Gasteiger partial charge in [0.05, 0.1) is 5.69 Å². The predicted octanol–water partition coefficient (Wildman–Crippen LogP) is 1.28. The van der Waals surface area contributed by atoms with Crippen LogP contribution in [0.3, 0.4) is 0 Å². The Hall–Kier alpha value is -1.63. The van der Waals surface area contributed by atoms with Gasteiger partial charge in [-0.2, -0.15) is 0 Å². The van der Waals surface area contributed by atoms with E-state index in [1.165, 1.54) is 25.1 Å². The van der Waals surface area contributed by atoms with E-state index in [1.807, 2.05) is 0 Å². The van der Waals surface area contributed by atoms with Gasteiger partial charge in [0.15, 0.2) is 5.03 Å². The smallest absolute Gasteiger partial charge is 0.235 e. The minimum Gasteiger partial charge on any atom is -0.396 e. The third-order valence-electron chi connectivity index (χ3n) is 3.64. The molecule has 0 aliphatic heterocycles. The van der Waals surface area contributed by atoms with E-state index in [9.17, 15) is 13.2 Å². The van der Waals surface area contributed by atoms with Crippen LogP contribution in [0.5, 0.6) is 0 Å². The molecule has 1 aromatic heterocycles. The number of nitrogens with one attached hydrogen (secondary N) is 1. The largest absolute Gasteiger partial charge is 0.396 e. The number of hydrogen-bond acceptors (Lipinski definition) is 5. The Kier molecular flexibility index (Phi) is 5.17. The number of rotatable bonds is 4. The number of anilines is 1. The van der Waals surface area contributed by atoms with Crippen molar-refractivity contribution in [3.8, 4) is 0 Å². The van der Waals surface area contributed by atoms with Crippen LogP contribution in [0.15, 0.2) is 23.4 Å². The fraction of sp³-hybridized carbons (Fsp3) is 0.571. The molecule has 1 aliphatic rings. The molecule has 6 nitrogen and oxygen atoms in total. The predicted molar refractivity (Wildman–Crippen MR) is 80.3 cm³/mol. The number of hydrogen-bond donors (Lipinski definition) is 2. The number of pyridine rings is 1. The molecule has 1 fully saturated rings. The van der Waals surface area contributed by atoms with Gasteiger partial charge in [-0.05, 0) is 25.0 Å². The maximum atomic E-state index is 12.2. The van der Waals surface area contributed by atoms with Gasteiger partial charge in [0, 0.05) is 12.2 Å². The van der Waals surface area contributed by atoms with Crippen LogP contribution in [0.2, 0.25) is 0 Å². The molecule has 1 saturated carbocycles. The average molecular weight is 311 g/mol. The zero-order valence-electron chi connectivity index (χ0n) is 11.9. The topological polar surface area (TPSA) is 102 Å². The molecule has 0 bridgehead atoms. The lowest BCUT2D eigenvalue weighted by molar-refractivity contribution is -0.119. The van der Waals surface area contributed by atoms with Crippen molar-refractivity contribution in [2.24, 2.45) is 0 Å². The molecule has 0 aromatic carbocycles. The van der Waals surface area contributed by atoms with Crippen molar-refractivity contribution in [3.63, 3.8) is 0 Å². The highest BCUT2D eigenvalue weighted by Gasteiger charge is 2.24. The number of aromatic nitrogens is 1. The summed E-state index contributed by atoms with van der Waals surface area (Å²) in [5, 5.41) is 2.60. The Morgan fingerprint density at radius 1 is 1.29 bits per heavy atom. The molecule has 0 unspecified atom stereocenters. The van der Waals surface area contributed by atoms with Crippen molar-refractivity contribution >= 4 is 21.4 Å². The molecule has 1 amide bonds. The van der Waals surface area contributed by atoms with Crippen molar-refractivity contribution in [2.75, 3.05) is 11.5 Å². The van der Waals surface area contributed by atoms with Crippen LogP contribution in [0.1, 0.15) is 38.5 Å². The normalized spacial score (nSPS) is 17.1. The second-order valence-electron chi connectivity index (χ2n) is 5.41. The van der Waals surface area contributed by atoms with Gasteiger partial charge >= 0.3 is 0 Å². The first-order valence-corrected chi connectivity index (χ1v) is 8.87. The first-order chi connectivity index (χ1) is 9.99. The lowest BCUT2D eigenvalue weighted by atomic mass is 10.1. The minimum absolute atomic E-state index is 0.0692. The van der Waals surface area contributed by atoms with Gasteiger partial charge < -0.3 is 11.1 Å². The van der Waals surface area contributed by atoms with Gasteiger partial charge in [-0.25, -0.2) is 13.4 Å². The molecule has 1 heterocycles. The fourth-order valence-electron chi connectivity index (χ4n) is 2.60. The first kappa shape index (κ1) is 15.8. The maximum Gasteiger partial charge on any atom is 0.235 e. The van der Waals surface area contributed by atoms with Crippen molar-refractivity contribution in [2.45, 2.75) is 49.6 Å². The highest BCUT2D eigenvalue weighted by atomic mass is 32.2. The van der Waals surface area contributed by atoms with E-state index >= 15 is 0 Å². The molecule has 0 spiro atoms. The Labute approximate surface area is 125 Å². The Balaban J connectivity index is 2.00. The molecule has 7 heteroatoms. The summed E-state index contributed by atoms with van der Waals surface area (Å²) in [5.74, 6) is -1.09. The van der Waals surface area contributed by atoms with Crippen LogP contribution in [0.25, 0.3) is 0 Å². The van der Waals surface area contributed by atoms with Crippen LogP contribution in [0.4, 0.5) is 5.69 Å². The number of carbonyl (C=O) groups is 1. The van der Waals surface area contributed by atoms with Crippen molar-refractivity contribution in [1.29, 1.82) is 0 Å². The van der Waals surface area contributed by atoms with E-state index in [-0.39, 0.29) is 16.8 Å². The van der Waals surface area contributed by atoms with Gasteiger partial charge in [-0.1, -0.05) is 25.7 Å². The van der Waals surface area contributed by atoms with Crippen molar-refractivity contribution in [3.05, 3.63) is 18.3 Å². The van der Waals surface area contributed by atoms with Gasteiger partial charge in [0.2, 0.25) is 15.7 Å². The molecule has 0 saturated heterocycles. The van der Waals surface area contributed by atoms with Gasteiger partial charge in [0.1, 0.15) is 5.75 Å². The number of nitrogens with two attached hydrogens (primary N) is 1. The summed E-state index contributed by atoms with van der Waals surface area (Å²) in [6, 6.07) is 3.10. The van der Waals surface area contributed by atoms with Crippen molar-refractivity contribution in [1.82, 2.24) is 10.3 Å². The van der Waals surface area contributed by atoms with E-state index in [2.05, 4.69) is 10.3 Å². The number of carbonyl (C=O) groups excluding carboxylic acids is 1. The third kappa shape index (κ3) is 4.42. The zero-order valence-corrected chi connectivity index (χ0v) is 12.7. The molecule has 116 valence electrons. The zero-order chi connectivity index (χ0) is 15.3. The molecule has 2 rings (SSSR count). The second kappa shape index (κ2) is 6.89. The Morgan fingerprint density at radius 3 is 2.57 bits per heavy atom. The Morgan fingerprint density at radius 2 is 1.95 bits per heavy atom. The summed E-state index contributed by atoms with van der Waals surface area (Å²) < 4.78 is 24.3. The summed E-state index contributed by atoms with van der Waals surface area (Å²) in [7, 11) is -3.80. The Bertz CT molecular complexity index is 593. The standard InChI is InChI=1S/C14H21N3O3S/c15-12-8-5-9-16-14(12)21(19,20)10-13(18)17-11-6-3-1-2-4-7-11/h5,8-9,11H,1-4,6-7,10,15H2,(H,17,18). The second-order valence-corrected chi connectivity index (χ2v) is 7.32. The van der Waals surface area contributed by atoms with Gasteiger partial charge in [-0.3, -0.25) is 4.79 Å². The monoisotopic (exact) mass is 311 g/mol. The van der Waals surface area contributed by atoms with E-state index in [0.717, 1.165) is 25.7 Å². The molecule has 0 atom stereocenters.